The summed E-state index contributed by atoms with van der Waals surface area (Å²) >= 11 is 0. The SMILES string of the molecule is CCOC(=O)Cc1cc(C(F)F)ncc1C(F)(F)F. The summed E-state index contributed by atoms with van der Waals surface area (Å²) in [6.45, 7) is 1.48. The lowest BCUT2D eigenvalue weighted by molar-refractivity contribution is -0.143. The van der Waals surface area contributed by atoms with Crippen LogP contribution in [0.15, 0.2) is 12.3 Å². The highest BCUT2D eigenvalue weighted by Crippen LogP contribution is 2.33. The van der Waals surface area contributed by atoms with Gasteiger partial charge in [-0.15, -0.1) is 0 Å². The van der Waals surface area contributed by atoms with Gasteiger partial charge >= 0.3 is 12.1 Å². The number of carbonyl (C=O) groups is 1. The third-order valence-electron chi connectivity index (χ3n) is 2.18. The number of hydrogen-bond acceptors (Lipinski definition) is 3. The first-order valence-electron chi connectivity index (χ1n) is 5.25. The van der Waals surface area contributed by atoms with E-state index in [0.29, 0.717) is 12.3 Å². The van der Waals surface area contributed by atoms with Gasteiger partial charge in [0.15, 0.2) is 0 Å². The molecule has 0 radical (unpaired) electrons. The van der Waals surface area contributed by atoms with Crippen molar-refractivity contribution in [2.24, 2.45) is 0 Å². The molecule has 0 atom stereocenters. The largest absolute Gasteiger partial charge is 0.466 e. The van der Waals surface area contributed by atoms with Crippen molar-refractivity contribution in [3.63, 3.8) is 0 Å². The molecule has 0 spiro atoms. The van der Waals surface area contributed by atoms with E-state index in [1.165, 1.54) is 6.92 Å². The summed E-state index contributed by atoms with van der Waals surface area (Å²) < 4.78 is 67.2. The molecule has 0 aliphatic carbocycles. The fraction of sp³-hybridized carbons (Fsp3) is 0.455. The van der Waals surface area contributed by atoms with Crippen LogP contribution in [-0.4, -0.2) is 17.6 Å². The van der Waals surface area contributed by atoms with Crippen LogP contribution in [0.25, 0.3) is 0 Å². The molecule has 19 heavy (non-hydrogen) atoms. The number of rotatable bonds is 4. The smallest absolute Gasteiger partial charge is 0.418 e. The molecule has 0 saturated carbocycles. The maximum Gasteiger partial charge on any atom is 0.418 e. The van der Waals surface area contributed by atoms with Crippen LogP contribution in [0.1, 0.15) is 30.2 Å². The average Bonchev–Trinajstić information content (AvgIpc) is 2.27. The van der Waals surface area contributed by atoms with E-state index in [1.807, 2.05) is 0 Å². The second-order valence-corrected chi connectivity index (χ2v) is 3.55. The second kappa shape index (κ2) is 5.94. The number of alkyl halides is 5. The highest BCUT2D eigenvalue weighted by atomic mass is 19.4. The summed E-state index contributed by atoms with van der Waals surface area (Å²) in [6, 6.07) is 0.574. The first kappa shape index (κ1) is 15.3. The lowest BCUT2D eigenvalue weighted by atomic mass is 10.1. The van der Waals surface area contributed by atoms with Crippen LogP contribution in [0, 0.1) is 0 Å². The molecule has 0 unspecified atom stereocenters. The fourth-order valence-electron chi connectivity index (χ4n) is 1.40. The molecule has 3 nitrogen and oxygen atoms in total. The van der Waals surface area contributed by atoms with E-state index in [9.17, 15) is 26.7 Å². The average molecular weight is 283 g/mol. The van der Waals surface area contributed by atoms with E-state index in [0.717, 1.165) is 0 Å². The van der Waals surface area contributed by atoms with Gasteiger partial charge in [-0.1, -0.05) is 0 Å². The Morgan fingerprint density at radius 3 is 2.53 bits per heavy atom. The van der Waals surface area contributed by atoms with Gasteiger partial charge < -0.3 is 4.74 Å². The van der Waals surface area contributed by atoms with Gasteiger partial charge in [0, 0.05) is 6.20 Å². The lowest BCUT2D eigenvalue weighted by Crippen LogP contribution is -2.15. The van der Waals surface area contributed by atoms with Gasteiger partial charge in [0.1, 0.15) is 5.69 Å². The predicted molar refractivity (Wildman–Crippen MR) is 54.5 cm³/mol. The Labute approximate surface area is 105 Å². The molecule has 0 N–H and O–H groups in total. The van der Waals surface area contributed by atoms with Crippen LogP contribution < -0.4 is 0 Å². The van der Waals surface area contributed by atoms with Crippen molar-refractivity contribution in [1.82, 2.24) is 4.98 Å². The number of aromatic nitrogens is 1. The fourth-order valence-corrected chi connectivity index (χ4v) is 1.40. The molecular weight excluding hydrogens is 273 g/mol. The molecular formula is C11H10F5NO2. The van der Waals surface area contributed by atoms with Crippen molar-refractivity contribution in [2.75, 3.05) is 6.61 Å². The first-order chi connectivity index (χ1) is 8.75. The van der Waals surface area contributed by atoms with Gasteiger partial charge in [-0.3, -0.25) is 9.78 Å². The van der Waals surface area contributed by atoms with Gasteiger partial charge in [0.25, 0.3) is 6.43 Å². The number of halogens is 5. The number of esters is 1. The predicted octanol–water partition coefficient (Wildman–Crippen LogP) is 3.14. The number of pyridine rings is 1. The lowest BCUT2D eigenvalue weighted by Gasteiger charge is -2.13. The topological polar surface area (TPSA) is 39.2 Å². The summed E-state index contributed by atoms with van der Waals surface area (Å²) in [4.78, 5) is 14.2. The summed E-state index contributed by atoms with van der Waals surface area (Å²) in [6.07, 6.45) is -8.21. The standard InChI is InChI=1S/C11H10F5NO2/c1-2-19-9(18)4-6-3-8(10(12)13)17-5-7(6)11(14,15)16/h3,5,10H,2,4H2,1H3. The van der Waals surface area contributed by atoms with Crippen LogP contribution in [-0.2, 0) is 22.1 Å². The van der Waals surface area contributed by atoms with E-state index in [4.69, 9.17) is 0 Å². The molecule has 1 aromatic heterocycles. The molecule has 1 rings (SSSR count). The molecule has 0 aliphatic rings. The normalized spacial score (nSPS) is 11.7. The number of ether oxygens (including phenoxy) is 1. The summed E-state index contributed by atoms with van der Waals surface area (Å²) in [5.74, 6) is -0.917. The van der Waals surface area contributed by atoms with Gasteiger partial charge in [0.05, 0.1) is 18.6 Å². The zero-order valence-electron chi connectivity index (χ0n) is 9.80. The molecule has 0 aliphatic heterocycles. The van der Waals surface area contributed by atoms with Crippen LogP contribution in [0.4, 0.5) is 22.0 Å². The van der Waals surface area contributed by atoms with Gasteiger partial charge in [0.2, 0.25) is 0 Å². The number of hydrogen-bond donors (Lipinski definition) is 0. The Morgan fingerprint density at radius 2 is 2.05 bits per heavy atom. The van der Waals surface area contributed by atoms with Gasteiger partial charge in [-0.2, -0.15) is 13.2 Å². The second-order valence-electron chi connectivity index (χ2n) is 3.55. The van der Waals surface area contributed by atoms with Crippen molar-refractivity contribution in [1.29, 1.82) is 0 Å². The highest BCUT2D eigenvalue weighted by molar-refractivity contribution is 5.73. The summed E-state index contributed by atoms with van der Waals surface area (Å²) in [5, 5.41) is 0. The van der Waals surface area contributed by atoms with Gasteiger partial charge in [-0.05, 0) is 18.6 Å². The zero-order valence-corrected chi connectivity index (χ0v) is 9.80. The summed E-state index contributed by atoms with van der Waals surface area (Å²) in [7, 11) is 0. The maximum absolute atomic E-state index is 12.6. The third kappa shape index (κ3) is 4.15. The van der Waals surface area contributed by atoms with Crippen molar-refractivity contribution in [2.45, 2.75) is 25.9 Å². The minimum absolute atomic E-state index is 0.00697. The Kier molecular flexibility index (Phi) is 4.79. The van der Waals surface area contributed by atoms with Crippen LogP contribution in [0.3, 0.4) is 0 Å². The van der Waals surface area contributed by atoms with Gasteiger partial charge in [-0.25, -0.2) is 8.78 Å². The maximum atomic E-state index is 12.6. The van der Waals surface area contributed by atoms with Crippen LogP contribution in [0.2, 0.25) is 0 Å². The van der Waals surface area contributed by atoms with Crippen molar-refractivity contribution < 1.29 is 31.5 Å². The minimum Gasteiger partial charge on any atom is -0.466 e. The summed E-state index contributed by atoms with van der Waals surface area (Å²) in [5.41, 5.74) is -2.60. The van der Waals surface area contributed by atoms with Crippen LogP contribution in [0.5, 0.6) is 0 Å². The highest BCUT2D eigenvalue weighted by Gasteiger charge is 2.35. The Balaban J connectivity index is 3.15. The number of carbonyl (C=O) groups excluding carboxylic acids is 1. The molecule has 0 amide bonds. The van der Waals surface area contributed by atoms with E-state index in [-0.39, 0.29) is 6.61 Å². The Morgan fingerprint density at radius 1 is 1.42 bits per heavy atom. The third-order valence-corrected chi connectivity index (χ3v) is 2.18. The first-order valence-corrected chi connectivity index (χ1v) is 5.25. The minimum atomic E-state index is -4.77. The van der Waals surface area contributed by atoms with E-state index < -0.39 is 41.8 Å². The number of nitrogens with zero attached hydrogens (tertiary/aromatic N) is 1. The van der Waals surface area contributed by atoms with E-state index in [2.05, 4.69) is 9.72 Å². The molecule has 1 heterocycles. The van der Waals surface area contributed by atoms with E-state index >= 15 is 0 Å². The van der Waals surface area contributed by atoms with Crippen molar-refractivity contribution in [3.05, 3.63) is 29.1 Å². The molecule has 0 saturated heterocycles. The molecule has 0 aromatic carbocycles. The quantitative estimate of drug-likeness (QED) is 0.629. The zero-order chi connectivity index (χ0) is 14.6. The molecule has 1 aromatic rings. The van der Waals surface area contributed by atoms with Crippen molar-refractivity contribution in [3.8, 4) is 0 Å². The monoisotopic (exact) mass is 283 g/mol. The molecule has 0 bridgehead atoms. The van der Waals surface area contributed by atoms with Crippen molar-refractivity contribution >= 4 is 5.97 Å². The Hall–Kier alpha value is -1.73. The molecule has 0 fully saturated rings. The molecule has 8 heteroatoms. The van der Waals surface area contributed by atoms with E-state index in [1.54, 1.807) is 0 Å². The van der Waals surface area contributed by atoms with Crippen LogP contribution >= 0.6 is 0 Å². The molecule has 106 valence electrons. The Bertz CT molecular complexity index is 459.